The highest BCUT2D eigenvalue weighted by Gasteiger charge is 2.13. The smallest absolute Gasteiger partial charge is 0.242 e. The third-order valence-electron chi connectivity index (χ3n) is 4.06. The molecule has 9 nitrogen and oxygen atoms in total. The van der Waals surface area contributed by atoms with Crippen LogP contribution >= 0.6 is 24.0 Å². The quantitative estimate of drug-likeness (QED) is 0.187. The van der Waals surface area contributed by atoms with E-state index < -0.39 is 10.0 Å². The normalized spacial score (nSPS) is 11.4. The third-order valence-corrected chi connectivity index (χ3v) is 5.51. The average molecular weight is 563 g/mol. The van der Waals surface area contributed by atoms with Crippen LogP contribution in [0.4, 0.5) is 0 Å². The van der Waals surface area contributed by atoms with Crippen molar-refractivity contribution in [2.75, 3.05) is 46.9 Å². The van der Waals surface area contributed by atoms with E-state index in [0.717, 1.165) is 11.5 Å². The summed E-state index contributed by atoms with van der Waals surface area (Å²) in [6.07, 6.45) is 2.84. The maximum atomic E-state index is 12.2. The first-order chi connectivity index (χ1) is 14.5. The van der Waals surface area contributed by atoms with E-state index in [9.17, 15) is 8.42 Å². The summed E-state index contributed by atoms with van der Waals surface area (Å²) >= 11 is 0. The van der Waals surface area contributed by atoms with Crippen molar-refractivity contribution in [2.45, 2.75) is 11.8 Å². The highest BCUT2D eigenvalue weighted by atomic mass is 127. The molecule has 2 N–H and O–H groups in total. The molecule has 31 heavy (non-hydrogen) atoms. The van der Waals surface area contributed by atoms with Gasteiger partial charge in [-0.25, -0.2) is 13.1 Å². The summed E-state index contributed by atoms with van der Waals surface area (Å²) in [6, 6.07) is 10.5. The summed E-state index contributed by atoms with van der Waals surface area (Å²) < 4.78 is 37.8. The molecule has 0 bridgehead atoms. The molecule has 0 aliphatic heterocycles. The minimum Gasteiger partial charge on any atom is -0.497 e. The Balaban J connectivity index is 0.00000480. The predicted octanol–water partition coefficient (Wildman–Crippen LogP) is 1.96. The zero-order valence-electron chi connectivity index (χ0n) is 17.9. The Morgan fingerprint density at radius 1 is 1.19 bits per heavy atom. The first-order valence-corrected chi connectivity index (χ1v) is 11.1. The van der Waals surface area contributed by atoms with Gasteiger partial charge in [0.05, 0.1) is 20.2 Å². The largest absolute Gasteiger partial charge is 0.497 e. The lowest BCUT2D eigenvalue weighted by Crippen LogP contribution is -2.41. The third kappa shape index (κ3) is 9.27. The molecular weight excluding hydrogens is 533 g/mol. The number of nitrogens with one attached hydrogen (secondary N) is 2. The van der Waals surface area contributed by atoms with E-state index in [2.05, 4.69) is 20.0 Å². The zero-order valence-corrected chi connectivity index (χ0v) is 21.1. The van der Waals surface area contributed by atoms with Gasteiger partial charge < -0.3 is 19.7 Å². The number of benzene rings is 1. The molecule has 0 atom stereocenters. The van der Waals surface area contributed by atoms with Crippen LogP contribution in [0.15, 0.2) is 58.7 Å². The number of nitrogens with zero attached hydrogens (tertiary/aromatic N) is 3. The molecule has 2 aromatic rings. The fraction of sp³-hybridized carbons (Fsp3) is 0.400. The lowest BCUT2D eigenvalue weighted by atomic mass is 10.3. The van der Waals surface area contributed by atoms with Crippen LogP contribution < -0.4 is 19.5 Å². The van der Waals surface area contributed by atoms with Crippen molar-refractivity contribution in [1.29, 1.82) is 0 Å². The predicted molar refractivity (Wildman–Crippen MR) is 132 cm³/mol. The minimum atomic E-state index is -3.59. The maximum absolute atomic E-state index is 12.2. The van der Waals surface area contributed by atoms with Crippen LogP contribution in [-0.2, 0) is 10.0 Å². The minimum absolute atomic E-state index is 0. The van der Waals surface area contributed by atoms with E-state index in [-0.39, 0.29) is 35.4 Å². The molecule has 0 saturated carbocycles. The summed E-state index contributed by atoms with van der Waals surface area (Å²) in [5.41, 5.74) is 0. The van der Waals surface area contributed by atoms with Gasteiger partial charge in [-0.15, -0.1) is 24.0 Å². The number of likely N-dealkylation sites (N-methyl/N-ethyl adjacent to an activating group) is 1. The average Bonchev–Trinajstić information content (AvgIpc) is 2.77. The SMILES string of the molecule is CCNC(=NCCNS(=O)(=O)c1cccnc1)N(C)CCOc1ccc(OC)cc1.I. The molecule has 1 aromatic carbocycles. The molecule has 0 saturated heterocycles. The Morgan fingerprint density at radius 3 is 2.52 bits per heavy atom. The van der Waals surface area contributed by atoms with Crippen molar-refractivity contribution in [1.82, 2.24) is 19.9 Å². The Morgan fingerprint density at radius 2 is 1.90 bits per heavy atom. The van der Waals surface area contributed by atoms with Crippen molar-refractivity contribution in [3.05, 3.63) is 48.8 Å². The number of ether oxygens (including phenoxy) is 2. The second-order valence-electron chi connectivity index (χ2n) is 6.27. The van der Waals surface area contributed by atoms with E-state index >= 15 is 0 Å². The second-order valence-corrected chi connectivity index (χ2v) is 8.03. The van der Waals surface area contributed by atoms with E-state index in [1.165, 1.54) is 18.5 Å². The van der Waals surface area contributed by atoms with Crippen molar-refractivity contribution in [3.8, 4) is 11.5 Å². The van der Waals surface area contributed by atoms with Crippen LogP contribution in [0.1, 0.15) is 6.92 Å². The van der Waals surface area contributed by atoms with Gasteiger partial charge in [0.25, 0.3) is 0 Å². The number of pyridine rings is 1. The molecule has 0 radical (unpaired) electrons. The van der Waals surface area contributed by atoms with Crippen LogP contribution in [-0.4, -0.2) is 71.2 Å². The molecule has 0 aliphatic rings. The van der Waals surface area contributed by atoms with Crippen LogP contribution in [0, 0.1) is 0 Å². The molecule has 0 aliphatic carbocycles. The first kappa shape index (κ1) is 26.9. The molecule has 1 aromatic heterocycles. The monoisotopic (exact) mass is 563 g/mol. The number of rotatable bonds is 11. The van der Waals surface area contributed by atoms with Gasteiger partial charge in [-0.1, -0.05) is 0 Å². The maximum Gasteiger partial charge on any atom is 0.242 e. The number of guanidine groups is 1. The van der Waals surface area contributed by atoms with Gasteiger partial charge in [0.15, 0.2) is 5.96 Å². The Bertz CT molecular complexity index is 896. The summed E-state index contributed by atoms with van der Waals surface area (Å²) in [7, 11) is -0.0626. The van der Waals surface area contributed by atoms with Crippen LogP contribution in [0.5, 0.6) is 11.5 Å². The summed E-state index contributed by atoms with van der Waals surface area (Å²) in [5.74, 6) is 2.22. The van der Waals surface area contributed by atoms with Gasteiger partial charge >= 0.3 is 0 Å². The van der Waals surface area contributed by atoms with Gasteiger partial charge in [0.1, 0.15) is 23.0 Å². The van der Waals surface area contributed by atoms with Crippen molar-refractivity contribution in [3.63, 3.8) is 0 Å². The number of aromatic nitrogens is 1. The van der Waals surface area contributed by atoms with Gasteiger partial charge in [-0.2, -0.15) is 0 Å². The molecule has 0 spiro atoms. The zero-order chi connectivity index (χ0) is 21.8. The van der Waals surface area contributed by atoms with Gasteiger partial charge in [0.2, 0.25) is 10.0 Å². The van der Waals surface area contributed by atoms with Crippen LogP contribution in [0.3, 0.4) is 0 Å². The van der Waals surface area contributed by atoms with Crippen molar-refractivity contribution in [2.24, 2.45) is 4.99 Å². The molecular formula is C20H30IN5O4S. The fourth-order valence-corrected chi connectivity index (χ4v) is 3.46. The number of sulfonamides is 1. The lowest BCUT2D eigenvalue weighted by molar-refractivity contribution is 0.281. The Kier molecular flexibility index (Phi) is 12.2. The number of hydrogen-bond acceptors (Lipinski definition) is 6. The van der Waals surface area contributed by atoms with Gasteiger partial charge in [0, 0.05) is 32.5 Å². The summed E-state index contributed by atoms with van der Waals surface area (Å²) in [6.45, 7) is 4.24. The number of hydrogen-bond donors (Lipinski definition) is 2. The second kappa shape index (κ2) is 14.0. The van der Waals surface area contributed by atoms with E-state index in [1.54, 1.807) is 13.2 Å². The highest BCUT2D eigenvalue weighted by molar-refractivity contribution is 14.0. The summed E-state index contributed by atoms with van der Waals surface area (Å²) in [4.78, 5) is 10.4. The molecule has 2 rings (SSSR count). The molecule has 172 valence electrons. The standard InChI is InChI=1S/C20H29N5O4S.HI/c1-4-22-20(23-12-13-24-30(26,27)19-6-5-11-21-16-19)25(2)14-15-29-18-9-7-17(28-3)8-10-18;/h5-11,16,24H,4,12-15H2,1-3H3,(H,22,23);1H. The van der Waals surface area contributed by atoms with Crippen LogP contribution in [0.2, 0.25) is 0 Å². The topological polar surface area (TPSA) is 105 Å². The molecule has 0 fully saturated rings. The van der Waals surface area contributed by atoms with Gasteiger partial charge in [-0.05, 0) is 43.3 Å². The van der Waals surface area contributed by atoms with Crippen molar-refractivity contribution >= 4 is 40.0 Å². The van der Waals surface area contributed by atoms with Gasteiger partial charge in [-0.3, -0.25) is 9.98 Å². The molecule has 11 heteroatoms. The lowest BCUT2D eigenvalue weighted by Gasteiger charge is -2.22. The molecule has 0 amide bonds. The van der Waals surface area contributed by atoms with E-state index in [4.69, 9.17) is 9.47 Å². The Labute approximate surface area is 201 Å². The summed E-state index contributed by atoms with van der Waals surface area (Å²) in [5, 5.41) is 3.19. The molecule has 1 heterocycles. The van der Waals surface area contributed by atoms with Crippen LogP contribution in [0.25, 0.3) is 0 Å². The van der Waals surface area contributed by atoms with E-state index in [1.807, 2.05) is 43.1 Å². The Hall–Kier alpha value is -2.12. The fourth-order valence-electron chi connectivity index (χ4n) is 2.48. The number of methoxy groups -OCH3 is 1. The number of aliphatic imine (C=N–C) groups is 1. The van der Waals surface area contributed by atoms with E-state index in [0.29, 0.717) is 32.2 Å². The first-order valence-electron chi connectivity index (χ1n) is 9.62. The van der Waals surface area contributed by atoms with Crippen molar-refractivity contribution < 1.29 is 17.9 Å². The number of halogens is 1. The molecule has 0 unspecified atom stereocenters. The highest BCUT2D eigenvalue weighted by Crippen LogP contribution is 2.16.